The molecule has 1 aromatic heterocycles. The Morgan fingerprint density at radius 2 is 2.28 bits per heavy atom. The molecule has 3 heterocycles. The lowest BCUT2D eigenvalue weighted by Crippen LogP contribution is -2.48. The van der Waals surface area contributed by atoms with Gasteiger partial charge in [0.2, 0.25) is 0 Å². The average molecular weight is 242 g/mol. The van der Waals surface area contributed by atoms with E-state index in [9.17, 15) is 4.79 Å². The molecule has 2 aliphatic rings. The largest absolute Gasteiger partial charge is 0.345 e. The molecule has 0 spiro atoms. The highest BCUT2D eigenvalue weighted by Crippen LogP contribution is 2.24. The van der Waals surface area contributed by atoms with Crippen LogP contribution in [0.25, 0.3) is 10.9 Å². The summed E-state index contributed by atoms with van der Waals surface area (Å²) in [5.41, 5.74) is 0.887. The van der Waals surface area contributed by atoms with Gasteiger partial charge < -0.3 is 10.2 Å². The van der Waals surface area contributed by atoms with Crippen molar-refractivity contribution in [2.75, 3.05) is 13.1 Å². The lowest BCUT2D eigenvalue weighted by Gasteiger charge is -2.27. The fourth-order valence-electron chi connectivity index (χ4n) is 3.04. The number of hydrogen-bond acceptors (Lipinski definition) is 3. The molecule has 2 fully saturated rings. The maximum atomic E-state index is 12.5. The van der Waals surface area contributed by atoms with Crippen LogP contribution in [0.4, 0.5) is 4.79 Å². The third kappa shape index (κ3) is 1.31. The Labute approximate surface area is 104 Å². The zero-order valence-corrected chi connectivity index (χ0v) is 9.91. The predicted molar refractivity (Wildman–Crippen MR) is 67.4 cm³/mol. The summed E-state index contributed by atoms with van der Waals surface area (Å²) in [5, 5.41) is 8.64. The molecule has 2 atom stereocenters. The van der Waals surface area contributed by atoms with Crippen molar-refractivity contribution in [3.8, 4) is 0 Å². The monoisotopic (exact) mass is 242 g/mol. The van der Waals surface area contributed by atoms with Gasteiger partial charge in [-0.15, -0.1) is 0 Å². The summed E-state index contributed by atoms with van der Waals surface area (Å²) in [4.78, 5) is 14.5. The van der Waals surface area contributed by atoms with E-state index in [0.717, 1.165) is 30.4 Å². The van der Waals surface area contributed by atoms with Gasteiger partial charge in [-0.1, -0.05) is 18.2 Å². The van der Waals surface area contributed by atoms with Crippen LogP contribution in [0.3, 0.4) is 0 Å². The van der Waals surface area contributed by atoms with E-state index in [2.05, 4.69) is 10.4 Å². The molecule has 18 heavy (non-hydrogen) atoms. The van der Waals surface area contributed by atoms with Gasteiger partial charge in [-0.25, -0.2) is 4.79 Å². The number of carbonyl (C=O) groups excluding carboxylic acids is 1. The molecule has 5 nitrogen and oxygen atoms in total. The van der Waals surface area contributed by atoms with E-state index in [4.69, 9.17) is 0 Å². The molecule has 92 valence electrons. The van der Waals surface area contributed by atoms with Crippen molar-refractivity contribution >= 4 is 16.9 Å². The highest BCUT2D eigenvalue weighted by Gasteiger charge is 2.40. The number of nitrogens with one attached hydrogen (secondary N) is 1. The summed E-state index contributed by atoms with van der Waals surface area (Å²) in [6.45, 7) is 1.72. The summed E-state index contributed by atoms with van der Waals surface area (Å²) in [5.74, 6) is 0. The standard InChI is InChI=1S/C13H14N4O/c18-13(16-8-10-5-11(16)7-14-10)17-12-4-2-1-3-9(12)6-15-17/h1-4,6,10-11,14H,5,7-8H2/t10-,11-/m0/s1. The maximum absolute atomic E-state index is 12.5. The molecule has 0 unspecified atom stereocenters. The van der Waals surface area contributed by atoms with Gasteiger partial charge in [-0.2, -0.15) is 9.78 Å². The third-order valence-electron chi connectivity index (χ3n) is 3.96. The minimum Gasteiger partial charge on any atom is -0.317 e. The number of amides is 1. The van der Waals surface area contributed by atoms with Crippen molar-refractivity contribution in [3.05, 3.63) is 30.5 Å². The Kier molecular flexibility index (Phi) is 1.99. The highest BCUT2D eigenvalue weighted by molar-refractivity contribution is 5.90. The SMILES string of the molecule is O=C(N1C[C@@H]2C[C@H]1CN2)n1ncc2ccccc21. The first kappa shape index (κ1) is 10.1. The molecule has 1 amide bonds. The molecule has 2 saturated heterocycles. The minimum atomic E-state index is 0.00481. The molecule has 2 aliphatic heterocycles. The van der Waals surface area contributed by atoms with Gasteiger partial charge in [0.15, 0.2) is 0 Å². The number of rotatable bonds is 0. The van der Waals surface area contributed by atoms with Crippen LogP contribution in [0.15, 0.2) is 30.5 Å². The van der Waals surface area contributed by atoms with Crippen molar-refractivity contribution in [1.82, 2.24) is 20.0 Å². The van der Waals surface area contributed by atoms with Crippen molar-refractivity contribution in [2.45, 2.75) is 18.5 Å². The summed E-state index contributed by atoms with van der Waals surface area (Å²) < 4.78 is 1.52. The van der Waals surface area contributed by atoms with Gasteiger partial charge in [0.1, 0.15) is 0 Å². The first-order valence-corrected chi connectivity index (χ1v) is 6.30. The second kappa shape index (κ2) is 3.55. The first-order valence-electron chi connectivity index (χ1n) is 6.30. The predicted octanol–water partition coefficient (Wildman–Crippen LogP) is 1.05. The number of piperazine rings is 1. The number of para-hydroxylation sites is 1. The second-order valence-electron chi connectivity index (χ2n) is 5.04. The van der Waals surface area contributed by atoms with E-state index in [1.54, 1.807) is 6.20 Å². The Morgan fingerprint density at radius 3 is 3.06 bits per heavy atom. The van der Waals surface area contributed by atoms with E-state index in [-0.39, 0.29) is 6.03 Å². The fourth-order valence-corrected chi connectivity index (χ4v) is 3.04. The molecule has 1 N–H and O–H groups in total. The summed E-state index contributed by atoms with van der Waals surface area (Å²) in [6, 6.07) is 8.62. The van der Waals surface area contributed by atoms with Crippen LogP contribution in [0.2, 0.25) is 0 Å². The zero-order chi connectivity index (χ0) is 12.1. The van der Waals surface area contributed by atoms with Gasteiger partial charge in [-0.05, 0) is 12.5 Å². The van der Waals surface area contributed by atoms with Crippen molar-refractivity contribution < 1.29 is 4.79 Å². The third-order valence-corrected chi connectivity index (χ3v) is 3.96. The quantitative estimate of drug-likeness (QED) is 0.751. The molecule has 0 aliphatic carbocycles. The summed E-state index contributed by atoms with van der Waals surface area (Å²) >= 11 is 0. The molecular weight excluding hydrogens is 228 g/mol. The number of fused-ring (bicyclic) bond motifs is 3. The molecule has 0 radical (unpaired) electrons. The first-order chi connectivity index (χ1) is 8.83. The molecule has 2 aromatic rings. The van der Waals surface area contributed by atoms with Crippen molar-refractivity contribution in [2.24, 2.45) is 0 Å². The van der Waals surface area contributed by atoms with E-state index in [1.807, 2.05) is 29.2 Å². The van der Waals surface area contributed by atoms with Crippen LogP contribution in [0, 0.1) is 0 Å². The van der Waals surface area contributed by atoms with Gasteiger partial charge >= 0.3 is 6.03 Å². The Morgan fingerprint density at radius 1 is 1.39 bits per heavy atom. The number of carbonyl (C=O) groups is 1. The van der Waals surface area contributed by atoms with Gasteiger partial charge in [0.05, 0.1) is 11.7 Å². The van der Waals surface area contributed by atoms with Crippen LogP contribution in [-0.2, 0) is 0 Å². The second-order valence-corrected chi connectivity index (χ2v) is 5.04. The average Bonchev–Trinajstić information content (AvgIpc) is 3.12. The van der Waals surface area contributed by atoms with E-state index in [0.29, 0.717) is 12.1 Å². The Bertz CT molecular complexity index is 620. The number of hydrogen-bond donors (Lipinski definition) is 1. The highest BCUT2D eigenvalue weighted by atomic mass is 16.2. The lowest BCUT2D eigenvalue weighted by molar-refractivity contribution is 0.184. The molecule has 0 saturated carbocycles. The smallest absolute Gasteiger partial charge is 0.317 e. The molecule has 2 bridgehead atoms. The molecule has 5 heteroatoms. The number of nitrogens with zero attached hydrogens (tertiary/aromatic N) is 3. The minimum absolute atomic E-state index is 0.00481. The maximum Gasteiger partial charge on any atom is 0.345 e. The summed E-state index contributed by atoms with van der Waals surface area (Å²) in [6.07, 6.45) is 2.82. The van der Waals surface area contributed by atoms with Gasteiger partial charge in [0.25, 0.3) is 0 Å². The number of likely N-dealkylation sites (tertiary alicyclic amines) is 1. The van der Waals surface area contributed by atoms with Crippen LogP contribution >= 0.6 is 0 Å². The van der Waals surface area contributed by atoms with Crippen molar-refractivity contribution in [3.63, 3.8) is 0 Å². The van der Waals surface area contributed by atoms with E-state index >= 15 is 0 Å². The van der Waals surface area contributed by atoms with E-state index < -0.39 is 0 Å². The van der Waals surface area contributed by atoms with Crippen molar-refractivity contribution in [1.29, 1.82) is 0 Å². The fraction of sp³-hybridized carbons (Fsp3) is 0.385. The zero-order valence-electron chi connectivity index (χ0n) is 9.91. The number of aromatic nitrogens is 2. The van der Waals surface area contributed by atoms with Gasteiger partial charge in [0, 0.05) is 30.6 Å². The Balaban J connectivity index is 1.72. The molecular formula is C13H14N4O. The van der Waals surface area contributed by atoms with Crippen LogP contribution in [-0.4, -0.2) is 45.9 Å². The lowest BCUT2D eigenvalue weighted by atomic mass is 10.2. The van der Waals surface area contributed by atoms with E-state index in [1.165, 1.54) is 4.68 Å². The topological polar surface area (TPSA) is 50.2 Å². The van der Waals surface area contributed by atoms with Crippen LogP contribution in [0.1, 0.15) is 6.42 Å². The number of benzene rings is 1. The van der Waals surface area contributed by atoms with Crippen LogP contribution < -0.4 is 5.32 Å². The Hall–Kier alpha value is -1.88. The normalized spacial score (nSPS) is 26.1. The summed E-state index contributed by atoms with van der Waals surface area (Å²) in [7, 11) is 0. The van der Waals surface area contributed by atoms with Crippen LogP contribution in [0.5, 0.6) is 0 Å². The molecule has 4 rings (SSSR count). The van der Waals surface area contributed by atoms with Gasteiger partial charge in [-0.3, -0.25) is 0 Å². The molecule has 1 aromatic carbocycles.